The molecule has 10 heteroatoms. The Kier molecular flexibility index (Phi) is 8.25. The van der Waals surface area contributed by atoms with E-state index in [0.717, 1.165) is 12.5 Å². The van der Waals surface area contributed by atoms with Crippen LogP contribution in [0.4, 0.5) is 0 Å². The van der Waals surface area contributed by atoms with Crippen molar-refractivity contribution in [3.05, 3.63) is 0 Å². The zero-order valence-corrected chi connectivity index (χ0v) is 13.1. The van der Waals surface area contributed by atoms with Gasteiger partial charge >= 0.3 is 5.97 Å². The number of hydrogen-bond acceptors (Lipinski definition) is 7. The third kappa shape index (κ3) is 13.7. The summed E-state index contributed by atoms with van der Waals surface area (Å²) in [6.07, 6.45) is 3.14. The van der Waals surface area contributed by atoms with Gasteiger partial charge in [0.25, 0.3) is 20.2 Å². The van der Waals surface area contributed by atoms with E-state index < -0.39 is 32.1 Å². The summed E-state index contributed by atoms with van der Waals surface area (Å²) in [6.45, 7) is -0.386. The van der Waals surface area contributed by atoms with Crippen LogP contribution >= 0.6 is 0 Å². The smallest absolute Gasteiger partial charge is 0.303 e. The Morgan fingerprint density at radius 2 is 1.45 bits per heavy atom. The van der Waals surface area contributed by atoms with Gasteiger partial charge in [-0.05, 0) is 12.8 Å². The minimum absolute atomic E-state index is 0.00653. The van der Waals surface area contributed by atoms with Gasteiger partial charge in [0.1, 0.15) is 0 Å². The number of aliphatic carboxylic acids is 1. The van der Waals surface area contributed by atoms with E-state index in [4.69, 9.17) is 5.11 Å². The third-order valence-corrected chi connectivity index (χ3v) is 3.42. The van der Waals surface area contributed by atoms with Crippen LogP contribution in [0.2, 0.25) is 0 Å². The van der Waals surface area contributed by atoms with Crippen LogP contribution in [0.5, 0.6) is 0 Å². The molecule has 0 heterocycles. The number of rotatable bonds is 11. The van der Waals surface area contributed by atoms with Crippen LogP contribution in [0.15, 0.2) is 0 Å². The van der Waals surface area contributed by atoms with E-state index in [0.29, 0.717) is 19.3 Å². The summed E-state index contributed by atoms with van der Waals surface area (Å²) in [5.74, 6) is -1.35. The molecular weight excluding hydrogens is 312 g/mol. The quantitative estimate of drug-likeness (QED) is 0.420. The molecule has 0 saturated heterocycles. The van der Waals surface area contributed by atoms with Crippen molar-refractivity contribution in [1.82, 2.24) is 0 Å². The van der Waals surface area contributed by atoms with Gasteiger partial charge in [-0.15, -0.1) is 0 Å². The average molecular weight is 332 g/mol. The maximum atomic E-state index is 10.9. The molecular formula is C10H20O8S2. The van der Waals surface area contributed by atoms with Gasteiger partial charge < -0.3 is 5.11 Å². The predicted molar refractivity (Wildman–Crippen MR) is 71.2 cm³/mol. The molecule has 0 spiro atoms. The molecule has 0 fully saturated rings. The monoisotopic (exact) mass is 332 g/mol. The molecule has 0 radical (unpaired) electrons. The first-order valence-corrected chi connectivity index (χ1v) is 9.53. The highest BCUT2D eigenvalue weighted by molar-refractivity contribution is 7.86. The molecule has 0 aliphatic rings. The third-order valence-electron chi connectivity index (χ3n) is 2.29. The highest BCUT2D eigenvalue weighted by Gasteiger charge is 2.16. The van der Waals surface area contributed by atoms with Crippen molar-refractivity contribution in [1.29, 1.82) is 0 Å². The minimum atomic E-state index is -3.62. The summed E-state index contributed by atoms with van der Waals surface area (Å²) >= 11 is 0. The predicted octanol–water partition coefficient (Wildman–Crippen LogP) is 0.200. The fourth-order valence-electron chi connectivity index (χ4n) is 1.36. The summed E-state index contributed by atoms with van der Waals surface area (Å²) in [5, 5.41) is 8.49. The zero-order valence-electron chi connectivity index (χ0n) is 11.4. The van der Waals surface area contributed by atoms with Crippen LogP contribution in [0.25, 0.3) is 0 Å². The van der Waals surface area contributed by atoms with Crippen molar-refractivity contribution in [3.63, 3.8) is 0 Å². The molecule has 20 heavy (non-hydrogen) atoms. The maximum Gasteiger partial charge on any atom is 0.303 e. The molecule has 8 nitrogen and oxygen atoms in total. The topological polar surface area (TPSA) is 124 Å². The number of carboxylic acids is 1. The lowest BCUT2D eigenvalue weighted by atomic mass is 10.0. The Morgan fingerprint density at radius 1 is 1.00 bits per heavy atom. The number of unbranched alkanes of at least 4 members (excludes halogenated alkanes) is 1. The molecule has 0 unspecified atom stereocenters. The van der Waals surface area contributed by atoms with Crippen LogP contribution in [0.3, 0.4) is 0 Å². The van der Waals surface area contributed by atoms with Gasteiger partial charge in [-0.2, -0.15) is 16.8 Å². The van der Waals surface area contributed by atoms with Crippen LogP contribution in [0.1, 0.15) is 25.7 Å². The maximum absolute atomic E-state index is 10.9. The second kappa shape index (κ2) is 8.55. The standard InChI is InChI=1S/C10H20O8S2/c1-19(13,14)17-7-9(8-18-20(2,15)16)5-3-4-6-10(11)12/h9H,3-8H2,1-2H3,(H,11,12). The lowest BCUT2D eigenvalue weighted by Crippen LogP contribution is -2.20. The molecule has 1 N–H and O–H groups in total. The molecule has 0 aromatic rings. The van der Waals surface area contributed by atoms with Crippen molar-refractivity contribution in [3.8, 4) is 0 Å². The van der Waals surface area contributed by atoms with Crippen molar-refractivity contribution in [2.45, 2.75) is 25.7 Å². The van der Waals surface area contributed by atoms with Crippen molar-refractivity contribution in [2.75, 3.05) is 25.7 Å². The summed E-state index contributed by atoms with van der Waals surface area (Å²) in [6, 6.07) is 0. The van der Waals surface area contributed by atoms with Crippen molar-refractivity contribution >= 4 is 26.2 Å². The van der Waals surface area contributed by atoms with E-state index in [2.05, 4.69) is 8.37 Å². The van der Waals surface area contributed by atoms with Gasteiger partial charge in [0.15, 0.2) is 0 Å². The average Bonchev–Trinajstić information content (AvgIpc) is 2.23. The van der Waals surface area contributed by atoms with Gasteiger partial charge in [-0.1, -0.05) is 6.42 Å². The number of carboxylic acid groups (broad SMARTS) is 1. The fraction of sp³-hybridized carbons (Fsp3) is 0.900. The van der Waals surface area contributed by atoms with Crippen molar-refractivity contribution < 1.29 is 35.1 Å². The molecule has 0 aliphatic carbocycles. The van der Waals surface area contributed by atoms with E-state index >= 15 is 0 Å². The first-order chi connectivity index (χ1) is 8.99. The first kappa shape index (κ1) is 19.3. The molecule has 0 saturated carbocycles. The molecule has 0 aliphatic heterocycles. The molecule has 0 aromatic heterocycles. The van der Waals surface area contributed by atoms with Crippen molar-refractivity contribution in [2.24, 2.45) is 5.92 Å². The Bertz CT molecular complexity index is 457. The van der Waals surface area contributed by atoms with Gasteiger partial charge in [0, 0.05) is 12.3 Å². The summed E-state index contributed by atoms with van der Waals surface area (Å²) in [5.41, 5.74) is 0. The van der Waals surface area contributed by atoms with Gasteiger partial charge in [-0.3, -0.25) is 13.2 Å². The van der Waals surface area contributed by atoms with Crippen LogP contribution in [0, 0.1) is 5.92 Å². The summed E-state index contributed by atoms with van der Waals surface area (Å²) < 4.78 is 52.8. The molecule has 0 amide bonds. The fourth-order valence-corrected chi connectivity index (χ4v) is 2.24. The van der Waals surface area contributed by atoms with Gasteiger partial charge in [0.05, 0.1) is 25.7 Å². The summed E-state index contributed by atoms with van der Waals surface area (Å²) in [7, 11) is -7.23. The lowest BCUT2D eigenvalue weighted by molar-refractivity contribution is -0.137. The highest BCUT2D eigenvalue weighted by Crippen LogP contribution is 2.13. The second-order valence-corrected chi connectivity index (χ2v) is 7.77. The van der Waals surface area contributed by atoms with Crippen LogP contribution in [-0.4, -0.2) is 53.6 Å². The Balaban J connectivity index is 4.27. The van der Waals surface area contributed by atoms with E-state index in [9.17, 15) is 21.6 Å². The Hall–Kier alpha value is -0.710. The SMILES string of the molecule is CS(=O)(=O)OCC(CCCCC(=O)O)COS(C)(=O)=O. The number of hydrogen-bond donors (Lipinski definition) is 1. The van der Waals surface area contributed by atoms with E-state index in [1.807, 2.05) is 0 Å². The Labute approximate surface area is 119 Å². The largest absolute Gasteiger partial charge is 0.481 e. The molecule has 0 bridgehead atoms. The molecule has 0 aromatic carbocycles. The number of carbonyl (C=O) groups is 1. The first-order valence-electron chi connectivity index (χ1n) is 5.90. The van der Waals surface area contributed by atoms with E-state index in [1.165, 1.54) is 0 Å². The highest BCUT2D eigenvalue weighted by atomic mass is 32.2. The lowest BCUT2D eigenvalue weighted by Gasteiger charge is -2.15. The second-order valence-electron chi connectivity index (χ2n) is 4.48. The summed E-state index contributed by atoms with van der Waals surface area (Å²) in [4.78, 5) is 10.4. The zero-order chi connectivity index (χ0) is 15.8. The van der Waals surface area contributed by atoms with Crippen LogP contribution in [-0.2, 0) is 33.4 Å². The normalized spacial score (nSPS) is 12.8. The van der Waals surface area contributed by atoms with E-state index in [1.54, 1.807) is 0 Å². The van der Waals surface area contributed by atoms with Gasteiger partial charge in [0.2, 0.25) is 0 Å². The molecule has 0 atom stereocenters. The van der Waals surface area contributed by atoms with Gasteiger partial charge in [-0.25, -0.2) is 0 Å². The molecule has 120 valence electrons. The van der Waals surface area contributed by atoms with Crippen LogP contribution < -0.4 is 0 Å². The minimum Gasteiger partial charge on any atom is -0.481 e. The Morgan fingerprint density at radius 3 is 1.80 bits per heavy atom. The molecule has 0 rings (SSSR count). The van der Waals surface area contributed by atoms with E-state index in [-0.39, 0.29) is 19.6 Å².